The van der Waals surface area contributed by atoms with E-state index in [2.05, 4.69) is 28.8 Å². The summed E-state index contributed by atoms with van der Waals surface area (Å²) < 4.78 is 0. The molecule has 18 heavy (non-hydrogen) atoms. The highest BCUT2D eigenvalue weighted by atomic mass is 14.9. The number of hydrogen-bond donors (Lipinski definition) is 2. The van der Waals surface area contributed by atoms with Crippen LogP contribution in [0.15, 0.2) is 18.2 Å². The summed E-state index contributed by atoms with van der Waals surface area (Å²) in [5.41, 5.74) is 4.44. The van der Waals surface area contributed by atoms with E-state index in [1.807, 2.05) is 0 Å². The van der Waals surface area contributed by atoms with Crippen molar-refractivity contribution in [3.8, 4) is 0 Å². The Balaban J connectivity index is 1.58. The van der Waals surface area contributed by atoms with Crippen molar-refractivity contribution in [3.05, 3.63) is 29.3 Å². The summed E-state index contributed by atoms with van der Waals surface area (Å²) in [6.07, 6.45) is 7.90. The van der Waals surface area contributed by atoms with Gasteiger partial charge in [-0.15, -0.1) is 0 Å². The van der Waals surface area contributed by atoms with Crippen molar-refractivity contribution < 1.29 is 0 Å². The van der Waals surface area contributed by atoms with Gasteiger partial charge in [0.15, 0.2) is 0 Å². The molecule has 2 aliphatic rings. The van der Waals surface area contributed by atoms with Gasteiger partial charge in [0, 0.05) is 12.2 Å². The van der Waals surface area contributed by atoms with E-state index in [-0.39, 0.29) is 0 Å². The van der Waals surface area contributed by atoms with Crippen molar-refractivity contribution in [1.29, 1.82) is 0 Å². The molecule has 2 nitrogen and oxygen atoms in total. The largest absolute Gasteiger partial charge is 0.385 e. The quantitative estimate of drug-likeness (QED) is 0.854. The van der Waals surface area contributed by atoms with Gasteiger partial charge >= 0.3 is 0 Å². The molecule has 2 aliphatic heterocycles. The highest BCUT2D eigenvalue weighted by Crippen LogP contribution is 2.25. The van der Waals surface area contributed by atoms with Gasteiger partial charge in [-0.2, -0.15) is 0 Å². The van der Waals surface area contributed by atoms with Crippen molar-refractivity contribution in [2.24, 2.45) is 5.92 Å². The van der Waals surface area contributed by atoms with Gasteiger partial charge < -0.3 is 10.6 Å². The summed E-state index contributed by atoms with van der Waals surface area (Å²) in [5, 5.41) is 6.93. The van der Waals surface area contributed by atoms with Crippen LogP contribution in [-0.2, 0) is 12.8 Å². The van der Waals surface area contributed by atoms with Gasteiger partial charge in [0.25, 0.3) is 0 Å². The highest BCUT2D eigenvalue weighted by Gasteiger charge is 2.13. The minimum atomic E-state index is 0.945. The minimum Gasteiger partial charge on any atom is -0.385 e. The Labute approximate surface area is 110 Å². The van der Waals surface area contributed by atoms with E-state index in [1.54, 1.807) is 0 Å². The molecule has 0 radical (unpaired) electrons. The van der Waals surface area contributed by atoms with E-state index in [0.717, 1.165) is 12.5 Å². The molecule has 1 fully saturated rings. The summed E-state index contributed by atoms with van der Waals surface area (Å²) >= 11 is 0. The molecule has 0 aromatic heterocycles. The first-order valence-corrected chi connectivity index (χ1v) is 7.48. The Bertz CT molecular complexity index is 394. The summed E-state index contributed by atoms with van der Waals surface area (Å²) in [7, 11) is 0. The van der Waals surface area contributed by atoms with Crippen molar-refractivity contribution in [1.82, 2.24) is 5.32 Å². The molecule has 1 aromatic rings. The first kappa shape index (κ1) is 12.0. The number of hydrogen-bond acceptors (Lipinski definition) is 2. The maximum Gasteiger partial charge on any atom is 0.0372 e. The van der Waals surface area contributed by atoms with Gasteiger partial charge in [-0.1, -0.05) is 12.1 Å². The number of anilines is 1. The number of nitrogens with one attached hydrogen (secondary N) is 2. The van der Waals surface area contributed by atoms with E-state index >= 15 is 0 Å². The molecule has 1 saturated heterocycles. The molecular formula is C16H24N2. The zero-order chi connectivity index (χ0) is 12.2. The van der Waals surface area contributed by atoms with Gasteiger partial charge in [0.1, 0.15) is 0 Å². The second kappa shape index (κ2) is 5.75. The maximum atomic E-state index is 3.49. The summed E-state index contributed by atoms with van der Waals surface area (Å²) in [4.78, 5) is 0. The lowest BCUT2D eigenvalue weighted by atomic mass is 9.90. The summed E-state index contributed by atoms with van der Waals surface area (Å²) in [5.74, 6) is 0.945. The van der Waals surface area contributed by atoms with Gasteiger partial charge in [-0.3, -0.25) is 0 Å². The van der Waals surface area contributed by atoms with Crippen LogP contribution < -0.4 is 10.6 Å². The molecule has 0 bridgehead atoms. The van der Waals surface area contributed by atoms with Crippen LogP contribution in [0.3, 0.4) is 0 Å². The molecule has 3 rings (SSSR count). The molecule has 98 valence electrons. The SMILES string of the molecule is c1cc2c(cc1CCC1CCNCC1)CCCN2. The molecule has 0 atom stereocenters. The van der Waals surface area contributed by atoms with Crippen LogP contribution in [0.1, 0.15) is 36.8 Å². The molecular weight excluding hydrogens is 220 g/mol. The Kier molecular flexibility index (Phi) is 3.84. The van der Waals surface area contributed by atoms with E-state index in [4.69, 9.17) is 0 Å². The van der Waals surface area contributed by atoms with Crippen LogP contribution in [0, 0.1) is 5.92 Å². The van der Waals surface area contributed by atoms with Crippen LogP contribution in [0.25, 0.3) is 0 Å². The fraction of sp³-hybridized carbons (Fsp3) is 0.625. The van der Waals surface area contributed by atoms with Crippen LogP contribution in [-0.4, -0.2) is 19.6 Å². The Morgan fingerprint density at radius 2 is 2.00 bits per heavy atom. The molecule has 2 heterocycles. The lowest BCUT2D eigenvalue weighted by Gasteiger charge is -2.23. The number of aryl methyl sites for hydroxylation is 2. The molecule has 2 heteroatoms. The van der Waals surface area contributed by atoms with Crippen molar-refractivity contribution in [2.45, 2.75) is 38.5 Å². The van der Waals surface area contributed by atoms with Crippen molar-refractivity contribution >= 4 is 5.69 Å². The van der Waals surface area contributed by atoms with E-state index in [1.165, 1.54) is 68.4 Å². The van der Waals surface area contributed by atoms with Gasteiger partial charge in [0.05, 0.1) is 0 Å². The third-order valence-electron chi connectivity index (χ3n) is 4.41. The summed E-state index contributed by atoms with van der Waals surface area (Å²) in [6.45, 7) is 3.58. The predicted molar refractivity (Wildman–Crippen MR) is 77.2 cm³/mol. The molecule has 0 aliphatic carbocycles. The zero-order valence-electron chi connectivity index (χ0n) is 11.2. The molecule has 0 unspecified atom stereocenters. The van der Waals surface area contributed by atoms with E-state index in [9.17, 15) is 0 Å². The zero-order valence-corrected chi connectivity index (χ0v) is 11.2. The number of piperidine rings is 1. The fourth-order valence-electron chi connectivity index (χ4n) is 3.22. The third-order valence-corrected chi connectivity index (χ3v) is 4.41. The number of fused-ring (bicyclic) bond motifs is 1. The Morgan fingerprint density at radius 3 is 2.89 bits per heavy atom. The lowest BCUT2D eigenvalue weighted by molar-refractivity contribution is 0.354. The maximum absolute atomic E-state index is 3.49. The second-order valence-corrected chi connectivity index (χ2v) is 5.75. The van der Waals surface area contributed by atoms with Gasteiger partial charge in [0.2, 0.25) is 0 Å². The average Bonchev–Trinajstić information content (AvgIpc) is 2.46. The molecule has 0 spiro atoms. The molecule has 0 saturated carbocycles. The molecule has 1 aromatic carbocycles. The minimum absolute atomic E-state index is 0.945. The second-order valence-electron chi connectivity index (χ2n) is 5.75. The van der Waals surface area contributed by atoms with E-state index < -0.39 is 0 Å². The smallest absolute Gasteiger partial charge is 0.0372 e. The number of rotatable bonds is 3. The standard InChI is InChI=1S/C16H24N2/c1-2-15-12-14(5-6-16(15)18-9-1)4-3-13-7-10-17-11-8-13/h5-6,12-13,17-18H,1-4,7-11H2. The Morgan fingerprint density at radius 1 is 1.11 bits per heavy atom. The molecule has 0 amide bonds. The van der Waals surface area contributed by atoms with Crippen LogP contribution in [0.4, 0.5) is 5.69 Å². The predicted octanol–water partition coefficient (Wildman–Crippen LogP) is 2.98. The molecule has 2 N–H and O–H groups in total. The first-order valence-electron chi connectivity index (χ1n) is 7.48. The highest BCUT2D eigenvalue weighted by molar-refractivity contribution is 5.54. The average molecular weight is 244 g/mol. The number of benzene rings is 1. The van der Waals surface area contributed by atoms with Crippen LogP contribution in [0.5, 0.6) is 0 Å². The first-order chi connectivity index (χ1) is 8.92. The normalized spacial score (nSPS) is 20.2. The lowest BCUT2D eigenvalue weighted by Crippen LogP contribution is -2.27. The van der Waals surface area contributed by atoms with Crippen molar-refractivity contribution in [2.75, 3.05) is 25.0 Å². The Hall–Kier alpha value is -1.02. The van der Waals surface area contributed by atoms with Crippen molar-refractivity contribution in [3.63, 3.8) is 0 Å². The third kappa shape index (κ3) is 2.86. The fourth-order valence-corrected chi connectivity index (χ4v) is 3.22. The van der Waals surface area contributed by atoms with E-state index in [0.29, 0.717) is 0 Å². The summed E-state index contributed by atoms with van der Waals surface area (Å²) in [6, 6.07) is 7.03. The monoisotopic (exact) mass is 244 g/mol. The van der Waals surface area contributed by atoms with Gasteiger partial charge in [-0.25, -0.2) is 0 Å². The van der Waals surface area contributed by atoms with Gasteiger partial charge in [-0.05, 0) is 74.7 Å². The van der Waals surface area contributed by atoms with Crippen LogP contribution in [0.2, 0.25) is 0 Å². The van der Waals surface area contributed by atoms with Crippen LogP contribution >= 0.6 is 0 Å². The topological polar surface area (TPSA) is 24.1 Å².